The number of ether oxygens (including phenoxy) is 3. The minimum atomic E-state index is -0.771. The van der Waals surface area contributed by atoms with Gasteiger partial charge in [-0.15, -0.1) is 0 Å². The predicted octanol–water partition coefficient (Wildman–Crippen LogP) is 22.2. The highest BCUT2D eigenvalue weighted by atomic mass is 16.6. The van der Waals surface area contributed by atoms with E-state index in [1.165, 1.54) is 270 Å². The number of esters is 3. The van der Waals surface area contributed by atoms with Crippen molar-refractivity contribution in [2.75, 3.05) is 13.2 Å². The van der Waals surface area contributed by atoms with E-state index in [0.717, 1.165) is 57.8 Å². The molecule has 0 aromatic rings. The van der Waals surface area contributed by atoms with Crippen molar-refractivity contribution in [1.29, 1.82) is 0 Å². The lowest BCUT2D eigenvalue weighted by Crippen LogP contribution is -2.30. The van der Waals surface area contributed by atoms with Gasteiger partial charge in [-0.05, 0) is 70.6 Å². The Morgan fingerprint density at radius 3 is 0.685 bits per heavy atom. The third-order valence-corrected chi connectivity index (χ3v) is 14.9. The van der Waals surface area contributed by atoms with Crippen LogP contribution in [0.5, 0.6) is 0 Å². The van der Waals surface area contributed by atoms with Crippen molar-refractivity contribution in [3.8, 4) is 0 Å². The Morgan fingerprint density at radius 2 is 0.452 bits per heavy atom. The molecule has 0 N–H and O–H groups in total. The highest BCUT2D eigenvalue weighted by molar-refractivity contribution is 5.71. The molecule has 0 rings (SSSR count). The standard InChI is InChI=1S/C67H126O6/c1-4-7-10-13-16-19-22-25-28-31-33-36-39-42-45-48-51-54-57-60-66(69)72-63-64(62-71-65(68)59-56-53-50-47-44-41-38-35-30-27-24-21-18-15-12-9-6-3)73-67(70)61-58-55-52-49-46-43-40-37-34-32-29-26-23-20-17-14-11-8-5-2/h25,27-28,30,64H,4-24,26,29,31-63H2,1-3H3/b28-25-,30-27-/t64-/m1/s1. The molecule has 6 heteroatoms. The van der Waals surface area contributed by atoms with Gasteiger partial charge in [0.1, 0.15) is 13.2 Å². The van der Waals surface area contributed by atoms with Crippen LogP contribution in [0.25, 0.3) is 0 Å². The van der Waals surface area contributed by atoms with Crippen molar-refractivity contribution in [2.24, 2.45) is 0 Å². The summed E-state index contributed by atoms with van der Waals surface area (Å²) >= 11 is 0. The molecule has 0 aromatic carbocycles. The zero-order valence-electron chi connectivity index (χ0n) is 49.4. The lowest BCUT2D eigenvalue weighted by molar-refractivity contribution is -0.167. The van der Waals surface area contributed by atoms with Crippen molar-refractivity contribution in [3.05, 3.63) is 24.3 Å². The average Bonchev–Trinajstić information content (AvgIpc) is 3.39. The van der Waals surface area contributed by atoms with E-state index in [-0.39, 0.29) is 31.1 Å². The van der Waals surface area contributed by atoms with E-state index in [1.807, 2.05) is 0 Å². The molecule has 0 bridgehead atoms. The van der Waals surface area contributed by atoms with Gasteiger partial charge in [0.25, 0.3) is 0 Å². The normalized spacial score (nSPS) is 12.1. The second-order valence-corrected chi connectivity index (χ2v) is 22.4. The van der Waals surface area contributed by atoms with Gasteiger partial charge in [-0.25, -0.2) is 0 Å². The first-order valence-corrected chi connectivity index (χ1v) is 32.8. The van der Waals surface area contributed by atoms with E-state index in [0.29, 0.717) is 19.3 Å². The summed E-state index contributed by atoms with van der Waals surface area (Å²) in [6, 6.07) is 0. The molecule has 0 spiro atoms. The van der Waals surface area contributed by atoms with Crippen LogP contribution >= 0.6 is 0 Å². The SMILES string of the molecule is CCCCCCCC/C=C\CCCCCCCCCCCC(=O)OC[C@@H](COC(=O)CCCCCCCCC/C=C\CCCCCCCC)OC(=O)CCCCCCCCCCCCCCCCCCCCC. The lowest BCUT2D eigenvalue weighted by atomic mass is 10.0. The minimum Gasteiger partial charge on any atom is -0.462 e. The number of hydrogen-bond acceptors (Lipinski definition) is 6. The molecule has 0 unspecified atom stereocenters. The van der Waals surface area contributed by atoms with Crippen LogP contribution < -0.4 is 0 Å². The van der Waals surface area contributed by atoms with E-state index < -0.39 is 6.10 Å². The molecule has 0 radical (unpaired) electrons. The fourth-order valence-electron chi connectivity index (χ4n) is 9.97. The molecule has 6 nitrogen and oxygen atoms in total. The number of rotatable bonds is 61. The Hall–Kier alpha value is -2.11. The highest BCUT2D eigenvalue weighted by Crippen LogP contribution is 2.18. The number of allylic oxidation sites excluding steroid dienone is 4. The van der Waals surface area contributed by atoms with Crippen LogP contribution in [0.3, 0.4) is 0 Å². The van der Waals surface area contributed by atoms with E-state index in [4.69, 9.17) is 14.2 Å². The van der Waals surface area contributed by atoms with E-state index in [1.54, 1.807) is 0 Å². The third-order valence-electron chi connectivity index (χ3n) is 14.9. The summed E-state index contributed by atoms with van der Waals surface area (Å²) in [7, 11) is 0. The van der Waals surface area contributed by atoms with Crippen molar-refractivity contribution in [2.45, 2.75) is 374 Å². The van der Waals surface area contributed by atoms with E-state index >= 15 is 0 Å². The molecule has 0 heterocycles. The largest absolute Gasteiger partial charge is 0.462 e. The van der Waals surface area contributed by atoms with Crippen molar-refractivity contribution >= 4 is 17.9 Å². The number of unbranched alkanes of at least 4 members (excludes halogenated alkanes) is 46. The minimum absolute atomic E-state index is 0.0686. The molecule has 0 saturated heterocycles. The maximum Gasteiger partial charge on any atom is 0.306 e. The fraction of sp³-hybridized carbons (Fsp3) is 0.896. The molecular formula is C67H126O6. The molecule has 0 fully saturated rings. The van der Waals surface area contributed by atoms with Gasteiger partial charge in [0.05, 0.1) is 0 Å². The summed E-state index contributed by atoms with van der Waals surface area (Å²) in [5.41, 5.74) is 0. The summed E-state index contributed by atoms with van der Waals surface area (Å²) in [5, 5.41) is 0. The zero-order valence-corrected chi connectivity index (χ0v) is 49.4. The molecule has 1 atom stereocenters. The molecule has 0 amide bonds. The summed E-state index contributed by atoms with van der Waals surface area (Å²) in [6.07, 6.45) is 74.7. The van der Waals surface area contributed by atoms with E-state index in [9.17, 15) is 14.4 Å². The predicted molar refractivity (Wildman–Crippen MR) is 316 cm³/mol. The quantitative estimate of drug-likeness (QED) is 0.0261. The highest BCUT2D eigenvalue weighted by Gasteiger charge is 2.19. The maximum absolute atomic E-state index is 12.9. The molecule has 73 heavy (non-hydrogen) atoms. The first kappa shape index (κ1) is 70.9. The Labute approximate surface area is 455 Å². The van der Waals surface area contributed by atoms with Gasteiger partial charge < -0.3 is 14.2 Å². The van der Waals surface area contributed by atoms with Gasteiger partial charge in [-0.2, -0.15) is 0 Å². The number of hydrogen-bond donors (Lipinski definition) is 0. The summed E-state index contributed by atoms with van der Waals surface area (Å²) < 4.78 is 17.0. The topological polar surface area (TPSA) is 78.9 Å². The summed E-state index contributed by atoms with van der Waals surface area (Å²) in [4.78, 5) is 38.4. The Morgan fingerprint density at radius 1 is 0.260 bits per heavy atom. The summed E-state index contributed by atoms with van der Waals surface area (Å²) in [5.74, 6) is -0.846. The Bertz CT molecular complexity index is 1180. The van der Waals surface area contributed by atoms with Crippen LogP contribution in [0.4, 0.5) is 0 Å². The maximum atomic E-state index is 12.9. The second-order valence-electron chi connectivity index (χ2n) is 22.4. The van der Waals surface area contributed by atoms with Crippen molar-refractivity contribution < 1.29 is 28.6 Å². The van der Waals surface area contributed by atoms with Crippen LogP contribution in [-0.4, -0.2) is 37.2 Å². The lowest BCUT2D eigenvalue weighted by Gasteiger charge is -2.18. The monoisotopic (exact) mass is 1030 g/mol. The van der Waals surface area contributed by atoms with E-state index in [2.05, 4.69) is 45.1 Å². The molecule has 430 valence electrons. The fourth-order valence-corrected chi connectivity index (χ4v) is 9.97. The van der Waals surface area contributed by atoms with Gasteiger partial charge in [0, 0.05) is 19.3 Å². The van der Waals surface area contributed by atoms with Gasteiger partial charge in [0.15, 0.2) is 6.10 Å². The van der Waals surface area contributed by atoms with Crippen LogP contribution in [0.15, 0.2) is 24.3 Å². The van der Waals surface area contributed by atoms with Crippen LogP contribution in [-0.2, 0) is 28.6 Å². The molecule has 0 aliphatic carbocycles. The first-order valence-electron chi connectivity index (χ1n) is 32.8. The second kappa shape index (κ2) is 62.4. The van der Waals surface area contributed by atoms with Crippen molar-refractivity contribution in [3.63, 3.8) is 0 Å². The Balaban J connectivity index is 4.32. The first-order chi connectivity index (χ1) is 36.0. The van der Waals surface area contributed by atoms with Gasteiger partial charge >= 0.3 is 17.9 Å². The van der Waals surface area contributed by atoms with Crippen LogP contribution in [0, 0.1) is 0 Å². The zero-order chi connectivity index (χ0) is 52.9. The average molecular weight is 1030 g/mol. The Kier molecular flexibility index (Phi) is 60.6. The van der Waals surface area contributed by atoms with Gasteiger partial charge in [0.2, 0.25) is 0 Å². The smallest absolute Gasteiger partial charge is 0.306 e. The molecular weight excluding hydrogens is 901 g/mol. The molecule has 0 aliphatic heterocycles. The van der Waals surface area contributed by atoms with Crippen LogP contribution in [0.1, 0.15) is 367 Å². The van der Waals surface area contributed by atoms with Crippen molar-refractivity contribution in [1.82, 2.24) is 0 Å². The number of carbonyl (C=O) groups excluding carboxylic acids is 3. The molecule has 0 aromatic heterocycles. The van der Waals surface area contributed by atoms with Gasteiger partial charge in [-0.1, -0.05) is 302 Å². The van der Waals surface area contributed by atoms with Gasteiger partial charge in [-0.3, -0.25) is 14.4 Å². The third kappa shape index (κ3) is 60.6. The summed E-state index contributed by atoms with van der Waals surface area (Å²) in [6.45, 7) is 6.70. The number of carbonyl (C=O) groups is 3. The molecule has 0 aliphatic rings. The molecule has 0 saturated carbocycles. The van der Waals surface area contributed by atoms with Crippen LogP contribution in [0.2, 0.25) is 0 Å².